The van der Waals surface area contributed by atoms with Crippen molar-refractivity contribution in [2.75, 3.05) is 18.5 Å². The number of nitrogens with zero attached hydrogens (tertiary/aromatic N) is 3. The number of ether oxygens (including phenoxy) is 2. The molecule has 0 saturated heterocycles. The lowest BCUT2D eigenvalue weighted by atomic mass is 10.0. The van der Waals surface area contributed by atoms with Crippen molar-refractivity contribution in [3.05, 3.63) is 76.1 Å². The minimum atomic E-state index is -0.710. The molecule has 2 aromatic carbocycles. The standard InChI is InChI=1S/C23H24N4O6/c1-4-32-23(29)22-20(13-26(25-22)18-8-10-19(11-9-18)27(30)31)33-14-21(28)24-17-7-5-6-16(12-17)15(2)3/h5-13,15H,4,14H2,1-3H3,(H,24,28). The maximum atomic E-state index is 12.4. The van der Waals surface area contributed by atoms with Crippen LogP contribution in [0.4, 0.5) is 11.4 Å². The Hall–Kier alpha value is -4.21. The number of amides is 1. The molecule has 0 aliphatic rings. The molecule has 172 valence electrons. The van der Waals surface area contributed by atoms with Crippen molar-refractivity contribution in [1.29, 1.82) is 0 Å². The zero-order chi connectivity index (χ0) is 24.0. The number of carbonyl (C=O) groups excluding carboxylic acids is 2. The highest BCUT2D eigenvalue weighted by atomic mass is 16.6. The number of non-ortho nitro benzene ring substituents is 1. The molecular weight excluding hydrogens is 428 g/mol. The number of anilines is 1. The molecule has 33 heavy (non-hydrogen) atoms. The van der Waals surface area contributed by atoms with Crippen LogP contribution in [-0.2, 0) is 9.53 Å². The summed E-state index contributed by atoms with van der Waals surface area (Å²) in [6.45, 7) is 5.55. The van der Waals surface area contributed by atoms with E-state index in [-0.39, 0.29) is 30.3 Å². The van der Waals surface area contributed by atoms with Crippen LogP contribution < -0.4 is 10.1 Å². The third kappa shape index (κ3) is 5.94. The van der Waals surface area contributed by atoms with E-state index in [9.17, 15) is 19.7 Å². The summed E-state index contributed by atoms with van der Waals surface area (Å²) in [7, 11) is 0. The molecule has 10 nitrogen and oxygen atoms in total. The van der Waals surface area contributed by atoms with Crippen molar-refractivity contribution in [2.24, 2.45) is 0 Å². The molecule has 0 atom stereocenters. The van der Waals surface area contributed by atoms with Crippen molar-refractivity contribution in [3.63, 3.8) is 0 Å². The highest BCUT2D eigenvalue weighted by molar-refractivity contribution is 5.93. The van der Waals surface area contributed by atoms with Crippen molar-refractivity contribution < 1.29 is 24.0 Å². The largest absolute Gasteiger partial charge is 0.480 e. The van der Waals surface area contributed by atoms with E-state index < -0.39 is 16.8 Å². The second-order valence-corrected chi connectivity index (χ2v) is 7.40. The van der Waals surface area contributed by atoms with Gasteiger partial charge in [0.25, 0.3) is 11.6 Å². The van der Waals surface area contributed by atoms with Gasteiger partial charge in [0.2, 0.25) is 5.69 Å². The average Bonchev–Trinajstić information content (AvgIpc) is 3.22. The molecule has 0 fully saturated rings. The van der Waals surface area contributed by atoms with Crippen molar-refractivity contribution >= 4 is 23.3 Å². The van der Waals surface area contributed by atoms with Crippen molar-refractivity contribution in [2.45, 2.75) is 26.7 Å². The molecule has 0 bridgehead atoms. The fourth-order valence-electron chi connectivity index (χ4n) is 2.98. The van der Waals surface area contributed by atoms with Gasteiger partial charge in [0.05, 0.1) is 23.4 Å². The summed E-state index contributed by atoms with van der Waals surface area (Å²) >= 11 is 0. The van der Waals surface area contributed by atoms with Crippen LogP contribution in [0.25, 0.3) is 5.69 Å². The number of nitrogens with one attached hydrogen (secondary N) is 1. The van der Waals surface area contributed by atoms with Gasteiger partial charge in [-0.15, -0.1) is 0 Å². The first-order valence-corrected chi connectivity index (χ1v) is 10.3. The Kier molecular flexibility index (Phi) is 7.39. The van der Waals surface area contributed by atoms with E-state index in [2.05, 4.69) is 24.3 Å². The monoisotopic (exact) mass is 452 g/mol. The van der Waals surface area contributed by atoms with Crippen LogP contribution in [0.5, 0.6) is 5.75 Å². The first kappa shape index (κ1) is 23.5. The number of aromatic nitrogens is 2. The number of hydrogen-bond donors (Lipinski definition) is 1. The normalized spacial score (nSPS) is 10.7. The van der Waals surface area contributed by atoms with Crippen LogP contribution in [0.2, 0.25) is 0 Å². The Morgan fingerprint density at radius 1 is 1.18 bits per heavy atom. The van der Waals surface area contributed by atoms with Gasteiger partial charge in [-0.3, -0.25) is 14.9 Å². The summed E-state index contributed by atoms with van der Waals surface area (Å²) in [5.74, 6) is -0.750. The number of esters is 1. The predicted molar refractivity (Wildman–Crippen MR) is 121 cm³/mol. The van der Waals surface area contributed by atoms with Crippen LogP contribution in [0.15, 0.2) is 54.7 Å². The van der Waals surface area contributed by atoms with Crippen LogP contribution in [-0.4, -0.2) is 39.8 Å². The van der Waals surface area contributed by atoms with Gasteiger partial charge in [0.15, 0.2) is 12.4 Å². The van der Waals surface area contributed by atoms with E-state index in [0.717, 1.165) is 5.56 Å². The second kappa shape index (κ2) is 10.4. The van der Waals surface area contributed by atoms with Gasteiger partial charge in [-0.25, -0.2) is 9.48 Å². The van der Waals surface area contributed by atoms with Crippen LogP contribution in [0.3, 0.4) is 0 Å². The van der Waals surface area contributed by atoms with Gasteiger partial charge >= 0.3 is 5.97 Å². The molecule has 10 heteroatoms. The quantitative estimate of drug-likeness (QED) is 0.294. The Bertz CT molecular complexity index is 1150. The zero-order valence-corrected chi connectivity index (χ0v) is 18.5. The van der Waals surface area contributed by atoms with E-state index in [1.165, 1.54) is 35.1 Å². The highest BCUT2D eigenvalue weighted by Gasteiger charge is 2.21. The molecule has 0 aliphatic carbocycles. The lowest BCUT2D eigenvalue weighted by Gasteiger charge is -2.10. The number of nitro groups is 1. The van der Waals surface area contributed by atoms with Crippen LogP contribution in [0.1, 0.15) is 42.7 Å². The summed E-state index contributed by atoms with van der Waals surface area (Å²) in [6.07, 6.45) is 1.42. The van der Waals surface area contributed by atoms with Gasteiger partial charge in [-0.05, 0) is 42.7 Å². The molecule has 3 aromatic rings. The van der Waals surface area contributed by atoms with E-state index in [0.29, 0.717) is 17.3 Å². The summed E-state index contributed by atoms with van der Waals surface area (Å²) in [6, 6.07) is 13.1. The highest BCUT2D eigenvalue weighted by Crippen LogP contribution is 2.23. The topological polar surface area (TPSA) is 126 Å². The number of carbonyl (C=O) groups is 2. The summed E-state index contributed by atoms with van der Waals surface area (Å²) in [4.78, 5) is 35.1. The smallest absolute Gasteiger partial charge is 0.362 e. The second-order valence-electron chi connectivity index (χ2n) is 7.40. The SMILES string of the molecule is CCOC(=O)c1nn(-c2ccc([N+](=O)[O-])cc2)cc1OCC(=O)Nc1cccc(C(C)C)c1. The first-order chi connectivity index (χ1) is 15.8. The maximum Gasteiger partial charge on any atom is 0.362 e. The molecular formula is C23H24N4O6. The maximum absolute atomic E-state index is 12.4. The Balaban J connectivity index is 1.76. The number of benzene rings is 2. The number of hydrogen-bond acceptors (Lipinski definition) is 7. The van der Waals surface area contributed by atoms with Gasteiger partial charge in [0, 0.05) is 17.8 Å². The molecule has 0 radical (unpaired) electrons. The minimum absolute atomic E-state index is 0.0536. The fraction of sp³-hybridized carbons (Fsp3) is 0.261. The lowest BCUT2D eigenvalue weighted by Crippen LogP contribution is -2.21. The van der Waals surface area contributed by atoms with Crippen LogP contribution in [0, 0.1) is 10.1 Å². The van der Waals surface area contributed by atoms with Crippen molar-refractivity contribution in [1.82, 2.24) is 9.78 Å². The Labute approximate surface area is 190 Å². The van der Waals surface area contributed by atoms with Gasteiger partial charge in [-0.1, -0.05) is 26.0 Å². The molecule has 1 amide bonds. The van der Waals surface area contributed by atoms with Crippen LogP contribution >= 0.6 is 0 Å². The van der Waals surface area contributed by atoms with Gasteiger partial charge in [-0.2, -0.15) is 5.10 Å². The molecule has 0 saturated carbocycles. The van der Waals surface area contributed by atoms with E-state index in [1.54, 1.807) is 13.0 Å². The van der Waals surface area contributed by atoms with E-state index in [4.69, 9.17) is 9.47 Å². The molecule has 1 heterocycles. The van der Waals surface area contributed by atoms with E-state index >= 15 is 0 Å². The molecule has 0 aliphatic heterocycles. The minimum Gasteiger partial charge on any atom is -0.480 e. The Morgan fingerprint density at radius 2 is 1.91 bits per heavy atom. The molecule has 0 spiro atoms. The third-order valence-electron chi connectivity index (χ3n) is 4.67. The molecule has 0 unspecified atom stereocenters. The number of nitro benzene ring substituents is 1. The lowest BCUT2D eigenvalue weighted by molar-refractivity contribution is -0.384. The van der Waals surface area contributed by atoms with Crippen molar-refractivity contribution in [3.8, 4) is 11.4 Å². The fourth-order valence-corrected chi connectivity index (χ4v) is 2.98. The summed E-state index contributed by atoms with van der Waals surface area (Å²) in [5, 5.41) is 17.8. The first-order valence-electron chi connectivity index (χ1n) is 10.3. The molecule has 3 rings (SSSR count). The van der Waals surface area contributed by atoms with E-state index in [1.807, 2.05) is 18.2 Å². The van der Waals surface area contributed by atoms with Gasteiger partial charge < -0.3 is 14.8 Å². The number of rotatable bonds is 9. The zero-order valence-electron chi connectivity index (χ0n) is 18.5. The molecule has 1 N–H and O–H groups in total. The summed E-state index contributed by atoms with van der Waals surface area (Å²) in [5.41, 5.74) is 2.01. The predicted octanol–water partition coefficient (Wildman–Crippen LogP) is 4.10. The Morgan fingerprint density at radius 3 is 2.55 bits per heavy atom. The average molecular weight is 452 g/mol. The molecule has 1 aromatic heterocycles. The van der Waals surface area contributed by atoms with Gasteiger partial charge in [0.1, 0.15) is 0 Å². The summed E-state index contributed by atoms with van der Waals surface area (Å²) < 4.78 is 11.9. The third-order valence-corrected chi connectivity index (χ3v) is 4.67.